The number of aryl methyl sites for hydroxylation is 1. The number of benzene rings is 1. The number of halogens is 1. The number of hydrogen-bond donors (Lipinski definition) is 1. The molecule has 0 aliphatic carbocycles. The normalized spacial score (nSPS) is 31.9. The molecule has 17 heavy (non-hydrogen) atoms. The molecule has 0 radical (unpaired) electrons. The van der Waals surface area contributed by atoms with Gasteiger partial charge in [0, 0.05) is 22.8 Å². The summed E-state index contributed by atoms with van der Waals surface area (Å²) in [5, 5.41) is 10.6. The molecule has 2 heterocycles. The SMILES string of the molecule is Cc1ccc(N2C3CCC2CC(O)C3)cc1Cl. The average molecular weight is 252 g/mol. The van der Waals surface area contributed by atoms with Gasteiger partial charge in [0.15, 0.2) is 0 Å². The summed E-state index contributed by atoms with van der Waals surface area (Å²) in [4.78, 5) is 2.47. The van der Waals surface area contributed by atoms with Crippen molar-refractivity contribution in [3.63, 3.8) is 0 Å². The van der Waals surface area contributed by atoms with Gasteiger partial charge < -0.3 is 10.0 Å². The van der Waals surface area contributed by atoms with Gasteiger partial charge in [-0.2, -0.15) is 0 Å². The quantitative estimate of drug-likeness (QED) is 0.829. The molecule has 2 bridgehead atoms. The maximum absolute atomic E-state index is 9.80. The van der Waals surface area contributed by atoms with Crippen molar-refractivity contribution in [2.24, 2.45) is 0 Å². The Morgan fingerprint density at radius 1 is 1.24 bits per heavy atom. The largest absolute Gasteiger partial charge is 0.393 e. The first kappa shape index (κ1) is 11.4. The van der Waals surface area contributed by atoms with E-state index in [1.54, 1.807) is 0 Å². The van der Waals surface area contributed by atoms with Crippen molar-refractivity contribution in [2.45, 2.75) is 50.8 Å². The van der Waals surface area contributed by atoms with Crippen LogP contribution in [-0.2, 0) is 0 Å². The molecule has 0 saturated carbocycles. The number of hydrogen-bond acceptors (Lipinski definition) is 2. The molecule has 2 atom stereocenters. The molecule has 2 saturated heterocycles. The van der Waals surface area contributed by atoms with Crippen LogP contribution in [0, 0.1) is 6.92 Å². The van der Waals surface area contributed by atoms with Gasteiger partial charge in [-0.25, -0.2) is 0 Å². The second-order valence-corrected chi connectivity index (χ2v) is 5.76. The summed E-state index contributed by atoms with van der Waals surface area (Å²) in [6.07, 6.45) is 4.11. The van der Waals surface area contributed by atoms with E-state index in [1.165, 1.54) is 18.5 Å². The predicted molar refractivity (Wildman–Crippen MR) is 70.7 cm³/mol. The van der Waals surface area contributed by atoms with Crippen LogP contribution in [0.3, 0.4) is 0 Å². The van der Waals surface area contributed by atoms with E-state index < -0.39 is 0 Å². The van der Waals surface area contributed by atoms with Crippen LogP contribution in [0.4, 0.5) is 5.69 Å². The molecule has 1 aromatic carbocycles. The van der Waals surface area contributed by atoms with Crippen LogP contribution in [-0.4, -0.2) is 23.3 Å². The van der Waals surface area contributed by atoms with Crippen molar-refractivity contribution in [1.82, 2.24) is 0 Å². The minimum absolute atomic E-state index is 0.107. The first-order chi connectivity index (χ1) is 8.15. The maximum atomic E-state index is 9.80. The minimum atomic E-state index is -0.107. The molecule has 1 aromatic rings. The summed E-state index contributed by atoms with van der Waals surface area (Å²) in [7, 11) is 0. The van der Waals surface area contributed by atoms with Gasteiger partial charge in [0.25, 0.3) is 0 Å². The van der Waals surface area contributed by atoms with E-state index in [4.69, 9.17) is 11.6 Å². The predicted octanol–water partition coefficient (Wildman–Crippen LogP) is 3.14. The zero-order chi connectivity index (χ0) is 12.0. The molecule has 3 rings (SSSR count). The standard InChI is InChI=1S/C14H18ClNO/c1-9-2-3-12(8-14(9)15)16-10-4-5-11(16)7-13(17)6-10/h2-3,8,10-11,13,17H,4-7H2,1H3. The number of fused-ring (bicyclic) bond motifs is 2. The van der Waals surface area contributed by atoms with E-state index in [0.717, 1.165) is 23.4 Å². The topological polar surface area (TPSA) is 23.5 Å². The second-order valence-electron chi connectivity index (χ2n) is 5.35. The highest BCUT2D eigenvalue weighted by Crippen LogP contribution is 2.40. The van der Waals surface area contributed by atoms with Crippen LogP contribution < -0.4 is 4.90 Å². The van der Waals surface area contributed by atoms with E-state index in [-0.39, 0.29) is 6.10 Å². The summed E-state index contributed by atoms with van der Waals surface area (Å²) in [6.45, 7) is 2.03. The Morgan fingerprint density at radius 3 is 2.47 bits per heavy atom. The fraction of sp³-hybridized carbons (Fsp3) is 0.571. The first-order valence-corrected chi connectivity index (χ1v) is 6.75. The Balaban J connectivity index is 1.92. The van der Waals surface area contributed by atoms with E-state index in [2.05, 4.69) is 23.1 Å². The first-order valence-electron chi connectivity index (χ1n) is 6.37. The molecule has 0 amide bonds. The summed E-state index contributed by atoms with van der Waals surface area (Å²) >= 11 is 6.20. The lowest BCUT2D eigenvalue weighted by Gasteiger charge is -2.39. The summed E-state index contributed by atoms with van der Waals surface area (Å²) < 4.78 is 0. The van der Waals surface area contributed by atoms with Gasteiger partial charge in [-0.05, 0) is 50.3 Å². The summed E-state index contributed by atoms with van der Waals surface area (Å²) in [6, 6.07) is 7.32. The lowest BCUT2D eigenvalue weighted by molar-refractivity contribution is 0.126. The molecule has 2 aliphatic rings. The van der Waals surface area contributed by atoms with E-state index in [1.807, 2.05) is 6.92 Å². The number of piperidine rings is 1. The summed E-state index contributed by atoms with van der Waals surface area (Å²) in [5.41, 5.74) is 2.35. The Hall–Kier alpha value is -0.730. The molecular weight excluding hydrogens is 234 g/mol. The monoisotopic (exact) mass is 251 g/mol. The maximum Gasteiger partial charge on any atom is 0.0579 e. The van der Waals surface area contributed by atoms with Crippen LogP contribution in [0.2, 0.25) is 5.02 Å². The van der Waals surface area contributed by atoms with Gasteiger partial charge >= 0.3 is 0 Å². The number of anilines is 1. The molecule has 92 valence electrons. The average Bonchev–Trinajstić information content (AvgIpc) is 2.55. The number of aliphatic hydroxyl groups is 1. The van der Waals surface area contributed by atoms with Gasteiger partial charge in [0.1, 0.15) is 0 Å². The van der Waals surface area contributed by atoms with Crippen molar-refractivity contribution >= 4 is 17.3 Å². The lowest BCUT2D eigenvalue weighted by Crippen LogP contribution is -2.44. The third-order valence-electron chi connectivity index (χ3n) is 4.16. The fourth-order valence-electron chi connectivity index (χ4n) is 3.31. The highest BCUT2D eigenvalue weighted by molar-refractivity contribution is 6.31. The van der Waals surface area contributed by atoms with Gasteiger partial charge in [-0.3, -0.25) is 0 Å². The van der Waals surface area contributed by atoms with Crippen LogP contribution >= 0.6 is 11.6 Å². The molecular formula is C14H18ClNO. The molecule has 2 aliphatic heterocycles. The molecule has 1 N–H and O–H groups in total. The van der Waals surface area contributed by atoms with E-state index in [0.29, 0.717) is 12.1 Å². The van der Waals surface area contributed by atoms with Crippen LogP contribution in [0.1, 0.15) is 31.2 Å². The zero-order valence-corrected chi connectivity index (χ0v) is 10.8. The lowest BCUT2D eigenvalue weighted by atomic mass is 9.99. The van der Waals surface area contributed by atoms with Crippen molar-refractivity contribution < 1.29 is 5.11 Å². The van der Waals surface area contributed by atoms with Crippen molar-refractivity contribution in [3.05, 3.63) is 28.8 Å². The Bertz CT molecular complexity index is 420. The van der Waals surface area contributed by atoms with E-state index in [9.17, 15) is 5.11 Å². The number of rotatable bonds is 1. The van der Waals surface area contributed by atoms with Crippen LogP contribution in [0.15, 0.2) is 18.2 Å². The van der Waals surface area contributed by atoms with Gasteiger partial charge in [0.2, 0.25) is 0 Å². The zero-order valence-electron chi connectivity index (χ0n) is 10.1. The summed E-state index contributed by atoms with van der Waals surface area (Å²) in [5.74, 6) is 0. The van der Waals surface area contributed by atoms with Crippen molar-refractivity contribution in [2.75, 3.05) is 4.90 Å². The molecule has 2 nitrogen and oxygen atoms in total. The minimum Gasteiger partial charge on any atom is -0.393 e. The molecule has 3 heteroatoms. The Kier molecular flexibility index (Phi) is 2.80. The third-order valence-corrected chi connectivity index (χ3v) is 4.57. The highest BCUT2D eigenvalue weighted by Gasteiger charge is 2.40. The van der Waals surface area contributed by atoms with Gasteiger partial charge in [-0.1, -0.05) is 17.7 Å². The number of aliphatic hydroxyl groups excluding tert-OH is 1. The smallest absolute Gasteiger partial charge is 0.0579 e. The number of nitrogens with zero attached hydrogens (tertiary/aromatic N) is 1. The second kappa shape index (κ2) is 4.18. The van der Waals surface area contributed by atoms with Gasteiger partial charge in [0.05, 0.1) is 6.10 Å². The Morgan fingerprint density at radius 2 is 1.88 bits per heavy atom. The fourth-order valence-corrected chi connectivity index (χ4v) is 3.49. The van der Waals surface area contributed by atoms with Crippen molar-refractivity contribution in [3.8, 4) is 0 Å². The molecule has 2 unspecified atom stereocenters. The molecule has 2 fully saturated rings. The molecule has 0 spiro atoms. The van der Waals surface area contributed by atoms with Crippen LogP contribution in [0.25, 0.3) is 0 Å². The third kappa shape index (κ3) is 1.94. The van der Waals surface area contributed by atoms with Crippen LogP contribution in [0.5, 0.6) is 0 Å². The van der Waals surface area contributed by atoms with Crippen molar-refractivity contribution in [1.29, 1.82) is 0 Å². The highest BCUT2D eigenvalue weighted by atomic mass is 35.5. The van der Waals surface area contributed by atoms with Gasteiger partial charge in [-0.15, -0.1) is 0 Å². The molecule has 0 aromatic heterocycles. The Labute approximate surface area is 107 Å². The van der Waals surface area contributed by atoms with E-state index >= 15 is 0 Å².